The molecule has 0 aromatic heterocycles. The second-order valence-corrected chi connectivity index (χ2v) is 10.5. The molecule has 37 heavy (non-hydrogen) atoms. The molecule has 0 aliphatic rings. The molecule has 0 fully saturated rings. The standard InChI is InChI=1S/C27H30ClN3O5S/c1-4-20-8-13-24(14-9-20)31(37(3,33)34)18-27(32)30-29-17-22-10-15-25(26(16-22)35-5-2)36-19-21-6-11-23(28)12-7-21/h6-17H,4-5,18-19H2,1-3H3,(H,30,32)/b29-17-. The first kappa shape index (κ1) is 28.0. The van der Waals surface area contributed by atoms with Crippen LogP contribution in [-0.2, 0) is 27.8 Å². The van der Waals surface area contributed by atoms with Crippen LogP contribution in [0.25, 0.3) is 0 Å². The molecule has 196 valence electrons. The topological polar surface area (TPSA) is 97.3 Å². The maximum absolute atomic E-state index is 12.5. The van der Waals surface area contributed by atoms with Gasteiger partial charge >= 0.3 is 0 Å². The summed E-state index contributed by atoms with van der Waals surface area (Å²) in [6.45, 7) is 4.26. The molecule has 1 N–H and O–H groups in total. The minimum Gasteiger partial charge on any atom is -0.490 e. The van der Waals surface area contributed by atoms with Gasteiger partial charge < -0.3 is 9.47 Å². The monoisotopic (exact) mass is 543 g/mol. The van der Waals surface area contributed by atoms with E-state index >= 15 is 0 Å². The van der Waals surface area contributed by atoms with Gasteiger partial charge in [0.05, 0.1) is 24.8 Å². The molecule has 3 rings (SSSR count). The Labute approximate surface area is 222 Å². The summed E-state index contributed by atoms with van der Waals surface area (Å²) in [5.41, 5.74) is 5.49. The van der Waals surface area contributed by atoms with Crippen LogP contribution in [-0.4, -0.2) is 39.9 Å². The van der Waals surface area contributed by atoms with Crippen molar-refractivity contribution in [1.29, 1.82) is 0 Å². The summed E-state index contributed by atoms with van der Waals surface area (Å²) < 4.78 is 37.2. The van der Waals surface area contributed by atoms with Gasteiger partial charge in [0.2, 0.25) is 10.0 Å². The fourth-order valence-electron chi connectivity index (χ4n) is 3.38. The lowest BCUT2D eigenvalue weighted by Crippen LogP contribution is -2.39. The van der Waals surface area contributed by atoms with Crippen molar-refractivity contribution in [3.05, 3.63) is 88.4 Å². The van der Waals surface area contributed by atoms with Crippen molar-refractivity contribution in [2.24, 2.45) is 5.10 Å². The van der Waals surface area contributed by atoms with Crippen LogP contribution in [0.15, 0.2) is 71.8 Å². The zero-order valence-corrected chi connectivity index (χ0v) is 22.6. The van der Waals surface area contributed by atoms with E-state index in [-0.39, 0.29) is 0 Å². The predicted molar refractivity (Wildman–Crippen MR) is 147 cm³/mol. The largest absolute Gasteiger partial charge is 0.490 e. The van der Waals surface area contributed by atoms with Gasteiger partial charge in [-0.25, -0.2) is 13.8 Å². The lowest BCUT2D eigenvalue weighted by molar-refractivity contribution is -0.119. The summed E-state index contributed by atoms with van der Waals surface area (Å²) in [4.78, 5) is 12.5. The van der Waals surface area contributed by atoms with Crippen LogP contribution in [0.2, 0.25) is 5.02 Å². The third kappa shape index (κ3) is 8.51. The van der Waals surface area contributed by atoms with E-state index in [9.17, 15) is 13.2 Å². The highest BCUT2D eigenvalue weighted by atomic mass is 35.5. The van der Waals surface area contributed by atoms with Crippen LogP contribution in [0.5, 0.6) is 11.5 Å². The van der Waals surface area contributed by atoms with Crippen LogP contribution in [0.1, 0.15) is 30.5 Å². The predicted octanol–water partition coefficient (Wildman–Crippen LogP) is 4.80. The van der Waals surface area contributed by atoms with Crippen LogP contribution >= 0.6 is 11.6 Å². The Morgan fingerprint density at radius 1 is 0.973 bits per heavy atom. The number of carbonyl (C=O) groups is 1. The molecule has 8 nitrogen and oxygen atoms in total. The van der Waals surface area contributed by atoms with Gasteiger partial charge in [0.15, 0.2) is 11.5 Å². The molecular formula is C27H30ClN3O5S. The highest BCUT2D eigenvalue weighted by Gasteiger charge is 2.20. The Bertz CT molecular complexity index is 1330. The fraction of sp³-hybridized carbons (Fsp3) is 0.259. The number of nitrogens with zero attached hydrogens (tertiary/aromatic N) is 2. The van der Waals surface area contributed by atoms with Crippen molar-refractivity contribution in [3.63, 3.8) is 0 Å². The number of amides is 1. The first-order valence-electron chi connectivity index (χ1n) is 11.7. The average Bonchev–Trinajstić information content (AvgIpc) is 2.87. The van der Waals surface area contributed by atoms with Gasteiger partial charge in [0, 0.05) is 5.02 Å². The zero-order chi connectivity index (χ0) is 26.8. The first-order valence-corrected chi connectivity index (χ1v) is 13.9. The number of carbonyl (C=O) groups excluding carboxylic acids is 1. The van der Waals surface area contributed by atoms with Gasteiger partial charge in [-0.2, -0.15) is 5.10 Å². The SMILES string of the molecule is CCOc1cc(/C=N\NC(=O)CN(c2ccc(CC)cc2)S(C)(=O)=O)ccc1OCc1ccc(Cl)cc1. The Hall–Kier alpha value is -3.56. The highest BCUT2D eigenvalue weighted by Crippen LogP contribution is 2.29. The van der Waals surface area contributed by atoms with E-state index in [0.717, 1.165) is 28.1 Å². The van der Waals surface area contributed by atoms with Gasteiger partial charge in [-0.05, 0) is 72.5 Å². The number of hydrogen-bond acceptors (Lipinski definition) is 6. The molecule has 0 radical (unpaired) electrons. The Morgan fingerprint density at radius 2 is 1.65 bits per heavy atom. The molecule has 0 atom stereocenters. The molecule has 10 heteroatoms. The maximum atomic E-state index is 12.5. The average molecular weight is 544 g/mol. The number of aryl methyl sites for hydroxylation is 1. The minimum absolute atomic E-state index is 0.346. The first-order chi connectivity index (χ1) is 17.7. The Kier molecular flexibility index (Phi) is 9.93. The number of nitrogens with one attached hydrogen (secondary N) is 1. The van der Waals surface area contributed by atoms with E-state index in [1.165, 1.54) is 6.21 Å². The number of ether oxygens (including phenoxy) is 2. The molecule has 0 bridgehead atoms. The highest BCUT2D eigenvalue weighted by molar-refractivity contribution is 7.92. The van der Waals surface area contributed by atoms with E-state index in [1.54, 1.807) is 42.5 Å². The lowest BCUT2D eigenvalue weighted by atomic mass is 10.1. The maximum Gasteiger partial charge on any atom is 0.260 e. The smallest absolute Gasteiger partial charge is 0.260 e. The summed E-state index contributed by atoms with van der Waals surface area (Å²) in [7, 11) is -3.67. The molecule has 0 spiro atoms. The molecule has 3 aromatic rings. The van der Waals surface area contributed by atoms with Crippen molar-refractivity contribution in [2.75, 3.05) is 23.7 Å². The van der Waals surface area contributed by atoms with Gasteiger partial charge in [-0.1, -0.05) is 42.8 Å². The summed E-state index contributed by atoms with van der Waals surface area (Å²) >= 11 is 5.93. The molecule has 0 saturated carbocycles. The van der Waals surface area contributed by atoms with Crippen molar-refractivity contribution in [3.8, 4) is 11.5 Å². The zero-order valence-electron chi connectivity index (χ0n) is 21.0. The number of hydrazone groups is 1. The van der Waals surface area contributed by atoms with Crippen LogP contribution in [0.4, 0.5) is 5.69 Å². The Morgan fingerprint density at radius 3 is 2.27 bits per heavy atom. The van der Waals surface area contributed by atoms with Crippen molar-refractivity contribution < 1.29 is 22.7 Å². The summed E-state index contributed by atoms with van der Waals surface area (Å²) in [5.74, 6) is 0.524. The van der Waals surface area contributed by atoms with Gasteiger partial charge in [0.1, 0.15) is 13.2 Å². The second kappa shape index (κ2) is 13.1. The van der Waals surface area contributed by atoms with Crippen LogP contribution in [0, 0.1) is 0 Å². The molecular weight excluding hydrogens is 514 g/mol. The van der Waals surface area contributed by atoms with E-state index in [4.69, 9.17) is 21.1 Å². The van der Waals surface area contributed by atoms with Gasteiger partial charge in [-0.15, -0.1) is 0 Å². The molecule has 1 amide bonds. The fourth-order valence-corrected chi connectivity index (χ4v) is 4.36. The van der Waals surface area contributed by atoms with E-state index in [0.29, 0.717) is 41.0 Å². The molecule has 0 heterocycles. The second-order valence-electron chi connectivity index (χ2n) is 8.14. The van der Waals surface area contributed by atoms with E-state index < -0.39 is 22.5 Å². The van der Waals surface area contributed by atoms with Crippen molar-refractivity contribution >= 4 is 39.4 Å². The minimum atomic E-state index is -3.67. The Balaban J connectivity index is 1.64. The molecule has 0 aliphatic heterocycles. The third-order valence-corrected chi connectivity index (χ3v) is 6.69. The quantitative estimate of drug-likeness (QED) is 0.261. The summed E-state index contributed by atoms with van der Waals surface area (Å²) in [6.07, 6.45) is 3.34. The number of anilines is 1. The summed E-state index contributed by atoms with van der Waals surface area (Å²) in [5, 5.41) is 4.63. The number of rotatable bonds is 12. The number of hydrogen-bond donors (Lipinski definition) is 1. The third-order valence-electron chi connectivity index (χ3n) is 5.30. The van der Waals surface area contributed by atoms with Crippen LogP contribution in [0.3, 0.4) is 0 Å². The van der Waals surface area contributed by atoms with Gasteiger partial charge in [-0.3, -0.25) is 9.10 Å². The lowest BCUT2D eigenvalue weighted by Gasteiger charge is -2.21. The van der Waals surface area contributed by atoms with Gasteiger partial charge in [0.25, 0.3) is 5.91 Å². The number of halogens is 1. The molecule has 0 aliphatic carbocycles. The van der Waals surface area contributed by atoms with Crippen LogP contribution < -0.4 is 19.2 Å². The van der Waals surface area contributed by atoms with E-state index in [1.807, 2.05) is 38.1 Å². The van der Waals surface area contributed by atoms with Crippen molar-refractivity contribution in [1.82, 2.24) is 5.43 Å². The normalized spacial score (nSPS) is 11.4. The van der Waals surface area contributed by atoms with Crippen molar-refractivity contribution in [2.45, 2.75) is 26.9 Å². The number of benzene rings is 3. The van der Waals surface area contributed by atoms with E-state index in [2.05, 4.69) is 10.5 Å². The molecule has 3 aromatic carbocycles. The molecule has 0 saturated heterocycles. The summed E-state index contributed by atoms with van der Waals surface area (Å²) in [6, 6.07) is 19.7. The number of sulfonamides is 1. The molecule has 0 unspecified atom stereocenters.